The zero-order valence-corrected chi connectivity index (χ0v) is 17.9. The normalized spacial score (nSPS) is 16.5. The van der Waals surface area contributed by atoms with E-state index in [0.29, 0.717) is 0 Å². The highest BCUT2D eigenvalue weighted by atomic mass is 32.3. The van der Waals surface area contributed by atoms with Crippen molar-refractivity contribution < 1.29 is 0 Å². The molecular formula is C28H24N2S. The molecular weight excluding hydrogens is 396 g/mol. The van der Waals surface area contributed by atoms with Crippen LogP contribution in [0.3, 0.4) is 0 Å². The van der Waals surface area contributed by atoms with E-state index >= 15 is 0 Å². The fraction of sp³-hybridized carbons (Fsp3) is 0. The van der Waals surface area contributed by atoms with E-state index in [1.807, 2.05) is 48.5 Å². The first-order valence-corrected chi connectivity index (χ1v) is 12.0. The first-order valence-electron chi connectivity index (χ1n) is 10.3. The van der Waals surface area contributed by atoms with E-state index in [2.05, 4.69) is 72.8 Å². The molecule has 4 N–H and O–H groups in total. The first-order chi connectivity index (χ1) is 15.2. The summed E-state index contributed by atoms with van der Waals surface area (Å²) >= 11 is 0. The van der Waals surface area contributed by atoms with Gasteiger partial charge in [-0.1, -0.05) is 132 Å². The molecule has 3 heteroatoms. The fourth-order valence-corrected chi connectivity index (χ4v) is 6.66. The molecule has 2 nitrogen and oxygen atoms in total. The molecule has 0 bridgehead atoms. The van der Waals surface area contributed by atoms with E-state index in [1.165, 1.54) is 0 Å². The summed E-state index contributed by atoms with van der Waals surface area (Å²) in [6, 6.07) is 41.6. The maximum absolute atomic E-state index is 7.13. The third-order valence-electron chi connectivity index (χ3n) is 5.58. The highest BCUT2D eigenvalue weighted by Crippen LogP contribution is 2.69. The highest BCUT2D eigenvalue weighted by molar-refractivity contribution is 8.45. The van der Waals surface area contributed by atoms with E-state index in [9.17, 15) is 0 Å². The summed E-state index contributed by atoms with van der Waals surface area (Å²) in [7, 11) is -2.27. The van der Waals surface area contributed by atoms with E-state index in [4.69, 9.17) is 10.3 Å². The molecule has 0 saturated heterocycles. The maximum atomic E-state index is 7.13. The summed E-state index contributed by atoms with van der Waals surface area (Å²) in [6.07, 6.45) is 0. The molecule has 0 saturated carbocycles. The molecule has 0 amide bonds. The topological polar surface area (TPSA) is 52.0 Å². The van der Waals surface area contributed by atoms with Gasteiger partial charge in [-0.25, -0.2) is 0 Å². The van der Waals surface area contributed by atoms with Crippen molar-refractivity contribution >= 4 is 31.4 Å². The molecule has 1 aliphatic rings. The zero-order valence-electron chi connectivity index (χ0n) is 17.1. The number of benzene rings is 4. The Labute approximate surface area is 185 Å². The van der Waals surface area contributed by atoms with Gasteiger partial charge in [0.25, 0.3) is 0 Å². The van der Waals surface area contributed by atoms with Crippen molar-refractivity contribution in [2.24, 2.45) is 10.3 Å². The number of hydrogen-bond donors (Lipinski definition) is 2. The lowest BCUT2D eigenvalue weighted by Crippen LogP contribution is -2.21. The van der Waals surface area contributed by atoms with Crippen LogP contribution in [0.4, 0.5) is 0 Å². The van der Waals surface area contributed by atoms with Crippen molar-refractivity contribution in [3.63, 3.8) is 0 Å². The molecule has 4 aromatic rings. The van der Waals surface area contributed by atoms with Gasteiger partial charge in [0.15, 0.2) is 0 Å². The molecule has 0 spiro atoms. The van der Waals surface area contributed by atoms with Crippen molar-refractivity contribution in [2.75, 3.05) is 0 Å². The average molecular weight is 421 g/mol. The quantitative estimate of drug-likeness (QED) is 0.386. The Morgan fingerprint density at radius 3 is 0.903 bits per heavy atom. The highest BCUT2D eigenvalue weighted by Gasteiger charge is 2.40. The van der Waals surface area contributed by atoms with Crippen molar-refractivity contribution in [1.82, 2.24) is 0 Å². The average Bonchev–Trinajstić information content (AvgIpc) is 3.08. The lowest BCUT2D eigenvalue weighted by Gasteiger charge is -2.33. The maximum Gasteiger partial charge on any atom is 0.0352 e. The van der Waals surface area contributed by atoms with E-state index in [1.54, 1.807) is 0 Å². The summed E-state index contributed by atoms with van der Waals surface area (Å²) in [5.74, 6) is 0. The summed E-state index contributed by atoms with van der Waals surface area (Å²) < 4.78 is 0. The van der Waals surface area contributed by atoms with Crippen LogP contribution in [0.2, 0.25) is 0 Å². The van der Waals surface area contributed by atoms with Crippen LogP contribution in [0.15, 0.2) is 121 Å². The van der Waals surface area contributed by atoms with Crippen LogP contribution in [0.1, 0.15) is 22.3 Å². The van der Waals surface area contributed by atoms with Gasteiger partial charge in [-0.3, -0.25) is 10.3 Å². The van der Waals surface area contributed by atoms with Crippen LogP contribution in [-0.4, -0.2) is 0 Å². The molecule has 0 radical (unpaired) electrons. The van der Waals surface area contributed by atoms with Gasteiger partial charge in [0, 0.05) is 21.0 Å². The van der Waals surface area contributed by atoms with Crippen LogP contribution in [-0.2, 0) is 0 Å². The van der Waals surface area contributed by atoms with Crippen molar-refractivity contribution in [3.8, 4) is 0 Å². The van der Waals surface area contributed by atoms with Gasteiger partial charge in [-0.05, 0) is 22.3 Å². The van der Waals surface area contributed by atoms with E-state index in [-0.39, 0.29) is 0 Å². The van der Waals surface area contributed by atoms with Gasteiger partial charge < -0.3 is 0 Å². The molecule has 0 aliphatic carbocycles. The Morgan fingerprint density at radius 1 is 0.355 bits per heavy atom. The van der Waals surface area contributed by atoms with Gasteiger partial charge in [0.2, 0.25) is 0 Å². The zero-order chi connectivity index (χ0) is 21.3. The minimum absolute atomic E-state index is 1.03. The predicted octanol–water partition coefficient (Wildman–Crippen LogP) is 6.69. The smallest absolute Gasteiger partial charge is 0.0352 e. The predicted molar refractivity (Wildman–Crippen MR) is 135 cm³/mol. The van der Waals surface area contributed by atoms with Crippen LogP contribution in [0.5, 0.6) is 0 Å². The monoisotopic (exact) mass is 420 g/mol. The Balaban J connectivity index is 1.92. The van der Waals surface area contributed by atoms with E-state index in [0.717, 1.165) is 43.2 Å². The van der Waals surface area contributed by atoms with Gasteiger partial charge in [0.1, 0.15) is 0 Å². The third-order valence-corrected chi connectivity index (χ3v) is 7.81. The third kappa shape index (κ3) is 3.43. The van der Waals surface area contributed by atoms with Crippen LogP contribution in [0.25, 0.3) is 21.0 Å². The number of nitrogens with two attached hydrogens (primary N) is 2. The standard InChI is InChI=1S/C28H24N2S/c29-31(30)27(23-17-9-3-10-18-23)25(21-13-5-1-6-14-21)26(22-15-7-2-8-16-22)28(31)24-19-11-4-12-20-24/h1-20H,29-30H2. The molecule has 0 unspecified atom stereocenters. The molecule has 4 aromatic carbocycles. The molecule has 5 rings (SSSR count). The van der Waals surface area contributed by atoms with Crippen molar-refractivity contribution in [1.29, 1.82) is 0 Å². The lowest BCUT2D eigenvalue weighted by atomic mass is 9.89. The van der Waals surface area contributed by atoms with Crippen LogP contribution < -0.4 is 10.3 Å². The summed E-state index contributed by atoms with van der Waals surface area (Å²) in [6.45, 7) is 0. The molecule has 1 aliphatic heterocycles. The minimum atomic E-state index is -2.27. The van der Waals surface area contributed by atoms with Crippen LogP contribution >= 0.6 is 10.4 Å². The summed E-state index contributed by atoms with van der Waals surface area (Å²) in [5, 5.41) is 14.3. The molecule has 0 aromatic heterocycles. The summed E-state index contributed by atoms with van der Waals surface area (Å²) in [5.41, 5.74) is 6.63. The van der Waals surface area contributed by atoms with E-state index < -0.39 is 10.4 Å². The largest absolute Gasteiger partial charge is 0.276 e. The second kappa shape index (κ2) is 8.05. The Morgan fingerprint density at radius 2 is 0.613 bits per heavy atom. The Kier molecular flexibility index (Phi) is 5.08. The Hall–Kier alpha value is -3.37. The number of allylic oxidation sites excluding steroid dienone is 2. The van der Waals surface area contributed by atoms with Crippen molar-refractivity contribution in [2.45, 2.75) is 0 Å². The first kappa shape index (κ1) is 19.6. The van der Waals surface area contributed by atoms with Gasteiger partial charge >= 0.3 is 0 Å². The second-order valence-electron chi connectivity index (χ2n) is 7.58. The number of hydrogen-bond acceptors (Lipinski definition) is 2. The van der Waals surface area contributed by atoms with Gasteiger partial charge in [-0.15, -0.1) is 0 Å². The molecule has 1 heterocycles. The lowest BCUT2D eigenvalue weighted by molar-refractivity contribution is 1.58. The van der Waals surface area contributed by atoms with Gasteiger partial charge in [-0.2, -0.15) is 0 Å². The fourth-order valence-electron chi connectivity index (χ4n) is 4.29. The number of rotatable bonds is 4. The molecule has 0 atom stereocenters. The molecule has 31 heavy (non-hydrogen) atoms. The molecule has 152 valence electrons. The second-order valence-corrected chi connectivity index (χ2v) is 9.82. The van der Waals surface area contributed by atoms with Gasteiger partial charge in [0.05, 0.1) is 0 Å². The Bertz CT molecular complexity index is 1160. The minimum Gasteiger partial charge on any atom is -0.276 e. The summed E-state index contributed by atoms with van der Waals surface area (Å²) in [4.78, 5) is 2.05. The molecule has 0 fully saturated rings. The van der Waals surface area contributed by atoms with Crippen LogP contribution in [0, 0.1) is 0 Å². The van der Waals surface area contributed by atoms with Crippen molar-refractivity contribution in [3.05, 3.63) is 144 Å². The SMILES string of the molecule is NS1(N)C(c2ccccc2)=C(c2ccccc2)C(c2ccccc2)=C1c1ccccc1.